The van der Waals surface area contributed by atoms with Gasteiger partial charge in [-0.25, -0.2) is 24.9 Å². The molecule has 1 aliphatic heterocycles. The highest BCUT2D eigenvalue weighted by atomic mass is 15.2. The van der Waals surface area contributed by atoms with Gasteiger partial charge in [-0.2, -0.15) is 0 Å². The highest BCUT2D eigenvalue weighted by Gasteiger charge is 2.37. The van der Waals surface area contributed by atoms with E-state index in [0.29, 0.717) is 23.0 Å². The largest absolute Gasteiger partial charge is 0.310 e. The molecule has 0 saturated carbocycles. The highest BCUT2D eigenvalue weighted by Crippen LogP contribution is 2.52. The van der Waals surface area contributed by atoms with Gasteiger partial charge in [-0.1, -0.05) is 50.2 Å². The summed E-state index contributed by atoms with van der Waals surface area (Å²) in [6.45, 7) is 4.58. The topological polar surface area (TPSA) is 103 Å². The second-order valence-electron chi connectivity index (χ2n) is 13.2. The third kappa shape index (κ3) is 4.54. The van der Waals surface area contributed by atoms with Crippen LogP contribution in [0.5, 0.6) is 0 Å². The summed E-state index contributed by atoms with van der Waals surface area (Å²) >= 11 is 0. The van der Waals surface area contributed by atoms with Gasteiger partial charge in [0.1, 0.15) is 22.4 Å². The van der Waals surface area contributed by atoms with E-state index >= 15 is 0 Å². The van der Waals surface area contributed by atoms with E-state index in [9.17, 15) is 0 Å². The lowest BCUT2D eigenvalue weighted by Crippen LogP contribution is -2.30. The Morgan fingerprint density at radius 1 is 0.462 bits per heavy atom. The molecule has 0 bridgehead atoms. The van der Waals surface area contributed by atoms with E-state index in [2.05, 4.69) is 89.4 Å². The standard InChI is InChI=1S/C42H30N10/c1-42(2)30-9-3-5-13-36(30)50(37-14-6-4-10-31(37)42)29-25-34(40-48-32-11-7-19-45-38(32)51(40)27-15-21-43-22-16-27)47-35(26-29)41-49-33-12-8-20-46-39(33)52(41)28-17-23-44-24-18-28/h3-26H,1-2H3. The minimum Gasteiger partial charge on any atom is -0.310 e. The Balaban J connectivity index is 1.31. The maximum atomic E-state index is 5.39. The Morgan fingerprint density at radius 2 is 0.923 bits per heavy atom. The number of hydrogen-bond donors (Lipinski definition) is 0. The smallest absolute Gasteiger partial charge is 0.165 e. The van der Waals surface area contributed by atoms with Crippen LogP contribution in [0, 0.1) is 0 Å². The molecule has 1 aliphatic rings. The first-order chi connectivity index (χ1) is 25.6. The van der Waals surface area contributed by atoms with Gasteiger partial charge in [-0.3, -0.25) is 19.1 Å². The molecule has 0 saturated heterocycles. The maximum absolute atomic E-state index is 5.39. The molecule has 9 aromatic rings. The zero-order valence-corrected chi connectivity index (χ0v) is 28.3. The van der Waals surface area contributed by atoms with E-state index in [0.717, 1.165) is 50.8 Å². The van der Waals surface area contributed by atoms with E-state index in [1.54, 1.807) is 37.2 Å². The molecule has 248 valence electrons. The Hall–Kier alpha value is -7.07. The van der Waals surface area contributed by atoms with Crippen LogP contribution in [0.15, 0.2) is 146 Å². The zero-order chi connectivity index (χ0) is 34.8. The molecule has 10 heteroatoms. The molecule has 0 unspecified atom stereocenters. The molecule has 10 rings (SSSR count). The molecular weight excluding hydrogens is 645 g/mol. The minimum atomic E-state index is -0.218. The molecule has 2 aromatic carbocycles. The fourth-order valence-electron chi connectivity index (χ4n) is 7.47. The average Bonchev–Trinajstić information content (AvgIpc) is 3.78. The summed E-state index contributed by atoms with van der Waals surface area (Å²) in [4.78, 5) is 36.2. The summed E-state index contributed by atoms with van der Waals surface area (Å²) in [6, 6.07) is 37.1. The van der Waals surface area contributed by atoms with Crippen molar-refractivity contribution < 1.29 is 0 Å². The summed E-state index contributed by atoms with van der Waals surface area (Å²) in [5.74, 6) is 1.29. The van der Waals surface area contributed by atoms with Crippen LogP contribution in [0.4, 0.5) is 17.1 Å². The number of imidazole rings is 2. The van der Waals surface area contributed by atoms with Crippen LogP contribution in [0.25, 0.3) is 56.7 Å². The van der Waals surface area contributed by atoms with Gasteiger partial charge >= 0.3 is 0 Å². The third-order valence-electron chi connectivity index (χ3n) is 9.84. The second kappa shape index (κ2) is 11.5. The Labute approximate surface area is 298 Å². The summed E-state index contributed by atoms with van der Waals surface area (Å²) in [5, 5.41) is 0. The van der Waals surface area contributed by atoms with Crippen molar-refractivity contribution in [2.24, 2.45) is 0 Å². The van der Waals surface area contributed by atoms with Crippen molar-refractivity contribution in [3.05, 3.63) is 158 Å². The molecule has 0 atom stereocenters. The molecule has 0 N–H and O–H groups in total. The second-order valence-corrected chi connectivity index (χ2v) is 13.2. The molecule has 10 nitrogen and oxygen atoms in total. The number of pyridine rings is 5. The van der Waals surface area contributed by atoms with Crippen LogP contribution in [0.2, 0.25) is 0 Å². The van der Waals surface area contributed by atoms with Crippen molar-refractivity contribution in [2.75, 3.05) is 4.90 Å². The van der Waals surface area contributed by atoms with E-state index in [-0.39, 0.29) is 5.41 Å². The summed E-state index contributed by atoms with van der Waals surface area (Å²) in [5.41, 5.74) is 11.4. The number of hydrogen-bond acceptors (Lipinski definition) is 8. The number of fused-ring (bicyclic) bond motifs is 4. The molecular formula is C42H30N10. The number of rotatable bonds is 5. The molecule has 7 aromatic heterocycles. The van der Waals surface area contributed by atoms with Crippen LogP contribution >= 0.6 is 0 Å². The lowest BCUT2D eigenvalue weighted by molar-refractivity contribution is 0.632. The molecule has 52 heavy (non-hydrogen) atoms. The van der Waals surface area contributed by atoms with Gasteiger partial charge in [0, 0.05) is 42.6 Å². The van der Waals surface area contributed by atoms with Crippen LogP contribution in [0.1, 0.15) is 25.0 Å². The van der Waals surface area contributed by atoms with Crippen molar-refractivity contribution in [2.45, 2.75) is 19.3 Å². The number of benzene rings is 2. The van der Waals surface area contributed by atoms with Crippen molar-refractivity contribution in [3.63, 3.8) is 0 Å². The first kappa shape index (κ1) is 29.8. The van der Waals surface area contributed by atoms with E-state index < -0.39 is 0 Å². The van der Waals surface area contributed by atoms with Crippen molar-refractivity contribution >= 4 is 39.4 Å². The van der Waals surface area contributed by atoms with Gasteiger partial charge in [0.15, 0.2) is 22.9 Å². The predicted octanol–water partition coefficient (Wildman–Crippen LogP) is 8.78. The van der Waals surface area contributed by atoms with Gasteiger partial charge in [0.2, 0.25) is 0 Å². The SMILES string of the molecule is CC1(C)c2ccccc2N(c2cc(-c3nc4cccnc4n3-c3ccncc3)nc(-c3nc4cccnc4n3-c3ccncc3)c2)c2ccccc21. The number of nitrogens with zero attached hydrogens (tertiary/aromatic N) is 10. The van der Waals surface area contributed by atoms with E-state index in [1.165, 1.54) is 11.1 Å². The van der Waals surface area contributed by atoms with Gasteiger partial charge in [-0.05, 0) is 83.9 Å². The number of aromatic nitrogens is 9. The lowest BCUT2D eigenvalue weighted by Gasteiger charge is -2.42. The van der Waals surface area contributed by atoms with Crippen LogP contribution < -0.4 is 4.90 Å². The third-order valence-corrected chi connectivity index (χ3v) is 9.84. The van der Waals surface area contributed by atoms with E-state index in [4.69, 9.17) is 24.9 Å². The lowest BCUT2D eigenvalue weighted by atomic mass is 9.73. The number of para-hydroxylation sites is 2. The molecule has 0 fully saturated rings. The van der Waals surface area contributed by atoms with Crippen molar-refractivity contribution in [1.82, 2.24) is 44.0 Å². The Morgan fingerprint density at radius 3 is 1.40 bits per heavy atom. The van der Waals surface area contributed by atoms with Crippen molar-refractivity contribution in [3.8, 4) is 34.4 Å². The fraction of sp³-hybridized carbons (Fsp3) is 0.0714. The quantitative estimate of drug-likeness (QED) is 0.179. The molecule has 0 aliphatic carbocycles. The van der Waals surface area contributed by atoms with Crippen molar-refractivity contribution in [1.29, 1.82) is 0 Å². The first-order valence-electron chi connectivity index (χ1n) is 17.1. The monoisotopic (exact) mass is 674 g/mol. The first-order valence-corrected chi connectivity index (χ1v) is 17.1. The van der Waals surface area contributed by atoms with Gasteiger partial charge < -0.3 is 4.90 Å². The normalized spacial score (nSPS) is 13.3. The average molecular weight is 675 g/mol. The fourth-order valence-corrected chi connectivity index (χ4v) is 7.47. The van der Waals surface area contributed by atoms with Gasteiger partial charge in [0.25, 0.3) is 0 Å². The highest BCUT2D eigenvalue weighted by molar-refractivity contribution is 5.89. The minimum absolute atomic E-state index is 0.218. The van der Waals surface area contributed by atoms with Crippen LogP contribution in [0.3, 0.4) is 0 Å². The molecule has 8 heterocycles. The molecule has 0 radical (unpaired) electrons. The van der Waals surface area contributed by atoms with Crippen LogP contribution in [-0.4, -0.2) is 44.0 Å². The van der Waals surface area contributed by atoms with Gasteiger partial charge in [-0.15, -0.1) is 0 Å². The summed E-state index contributed by atoms with van der Waals surface area (Å²) in [7, 11) is 0. The molecule has 0 spiro atoms. The molecule has 0 amide bonds. The Bertz CT molecular complexity index is 2600. The zero-order valence-electron chi connectivity index (χ0n) is 28.3. The van der Waals surface area contributed by atoms with E-state index in [1.807, 2.05) is 57.7 Å². The van der Waals surface area contributed by atoms with Gasteiger partial charge in [0.05, 0.1) is 28.4 Å². The maximum Gasteiger partial charge on any atom is 0.165 e. The predicted molar refractivity (Wildman–Crippen MR) is 202 cm³/mol. The summed E-state index contributed by atoms with van der Waals surface area (Å²) < 4.78 is 4.09. The summed E-state index contributed by atoms with van der Waals surface area (Å²) in [6.07, 6.45) is 10.7. The number of anilines is 3. The Kier molecular flexibility index (Phi) is 6.59. The van der Waals surface area contributed by atoms with Crippen LogP contribution in [-0.2, 0) is 5.41 Å².